The lowest BCUT2D eigenvalue weighted by Gasteiger charge is -2.19. The van der Waals surface area contributed by atoms with Gasteiger partial charge in [-0.15, -0.1) is 0 Å². The number of likely N-dealkylation sites (N-methyl/N-ethyl adjacent to an activating group) is 1. The molecule has 0 bridgehead atoms. The van der Waals surface area contributed by atoms with Crippen LogP contribution in [-0.4, -0.2) is 81.3 Å². The summed E-state index contributed by atoms with van der Waals surface area (Å²) in [7, 11) is 5.10. The molecular formula is C25H33N3O7. The number of benzene rings is 2. The summed E-state index contributed by atoms with van der Waals surface area (Å²) in [5.74, 6) is 0.527. The smallest absolute Gasteiger partial charge is 0.338 e. The largest absolute Gasteiger partial charge is 0.493 e. The summed E-state index contributed by atoms with van der Waals surface area (Å²) in [6, 6.07) is 9.16. The van der Waals surface area contributed by atoms with Crippen molar-refractivity contribution in [2.75, 3.05) is 60.6 Å². The second kappa shape index (κ2) is 12.9. The second-order valence-corrected chi connectivity index (χ2v) is 8.41. The summed E-state index contributed by atoms with van der Waals surface area (Å²) >= 11 is 0. The van der Waals surface area contributed by atoms with E-state index < -0.39 is 10.9 Å². The molecular weight excluding hydrogens is 454 g/mol. The minimum absolute atomic E-state index is 0.000853. The monoisotopic (exact) mass is 487 g/mol. The SMILES string of the molecule is COc1cc(C(=O)OCCCN2CCCN(C)CC2)cc(OCc2ccc([N+](=O)[O-])cc2)c1OC. The third kappa shape index (κ3) is 7.56. The third-order valence-corrected chi connectivity index (χ3v) is 5.89. The van der Waals surface area contributed by atoms with E-state index in [0.717, 1.165) is 51.1 Å². The van der Waals surface area contributed by atoms with E-state index in [1.54, 1.807) is 24.3 Å². The highest BCUT2D eigenvalue weighted by atomic mass is 16.6. The van der Waals surface area contributed by atoms with Crippen LogP contribution in [0.25, 0.3) is 0 Å². The van der Waals surface area contributed by atoms with Crippen LogP contribution in [0.1, 0.15) is 28.8 Å². The van der Waals surface area contributed by atoms with Gasteiger partial charge in [-0.25, -0.2) is 4.79 Å². The zero-order chi connectivity index (χ0) is 25.2. The maximum absolute atomic E-state index is 12.7. The van der Waals surface area contributed by atoms with Gasteiger partial charge < -0.3 is 28.7 Å². The first-order valence-corrected chi connectivity index (χ1v) is 11.6. The van der Waals surface area contributed by atoms with Gasteiger partial charge in [-0.2, -0.15) is 0 Å². The van der Waals surface area contributed by atoms with Crippen LogP contribution in [0.5, 0.6) is 17.2 Å². The molecule has 0 radical (unpaired) electrons. The van der Waals surface area contributed by atoms with Crippen LogP contribution in [0.2, 0.25) is 0 Å². The van der Waals surface area contributed by atoms with Crippen LogP contribution in [0, 0.1) is 10.1 Å². The van der Waals surface area contributed by atoms with Crippen LogP contribution in [0.15, 0.2) is 36.4 Å². The first-order valence-electron chi connectivity index (χ1n) is 11.6. The maximum Gasteiger partial charge on any atom is 0.338 e. The van der Waals surface area contributed by atoms with E-state index in [0.29, 0.717) is 23.9 Å². The number of carbonyl (C=O) groups is 1. The summed E-state index contributed by atoms with van der Waals surface area (Å²) < 4.78 is 22.2. The van der Waals surface area contributed by atoms with Gasteiger partial charge in [0.15, 0.2) is 11.5 Å². The Morgan fingerprint density at radius 2 is 1.77 bits per heavy atom. The molecule has 190 valence electrons. The van der Waals surface area contributed by atoms with Gasteiger partial charge in [0, 0.05) is 31.8 Å². The van der Waals surface area contributed by atoms with Gasteiger partial charge in [-0.1, -0.05) is 0 Å². The first kappa shape index (κ1) is 26.2. The Morgan fingerprint density at radius 3 is 2.46 bits per heavy atom. The maximum atomic E-state index is 12.7. The van der Waals surface area contributed by atoms with Gasteiger partial charge in [0.05, 0.1) is 31.3 Å². The lowest BCUT2D eigenvalue weighted by Crippen LogP contribution is -2.30. The summed E-state index contributed by atoms with van der Waals surface area (Å²) in [6.07, 6.45) is 1.90. The molecule has 0 atom stereocenters. The standard InChI is InChI=1S/C25H33N3O7/c1-26-10-4-11-27(14-13-26)12-5-15-34-25(29)20-16-22(32-2)24(33-3)23(17-20)35-18-19-6-8-21(9-7-19)28(30)31/h6-9,16-17H,4-5,10-15,18H2,1-3H3. The number of hydrogen-bond acceptors (Lipinski definition) is 9. The quantitative estimate of drug-likeness (QED) is 0.204. The van der Waals surface area contributed by atoms with Crippen molar-refractivity contribution in [2.24, 2.45) is 0 Å². The van der Waals surface area contributed by atoms with E-state index in [4.69, 9.17) is 18.9 Å². The van der Waals surface area contributed by atoms with Crippen molar-refractivity contribution in [3.8, 4) is 17.2 Å². The molecule has 35 heavy (non-hydrogen) atoms. The fraction of sp³-hybridized carbons (Fsp3) is 0.480. The van der Waals surface area contributed by atoms with E-state index >= 15 is 0 Å². The number of nitro groups is 1. The van der Waals surface area contributed by atoms with Crippen LogP contribution in [-0.2, 0) is 11.3 Å². The van der Waals surface area contributed by atoms with E-state index in [9.17, 15) is 14.9 Å². The Balaban J connectivity index is 1.60. The number of methoxy groups -OCH3 is 2. The lowest BCUT2D eigenvalue weighted by atomic mass is 10.1. The highest BCUT2D eigenvalue weighted by Crippen LogP contribution is 2.39. The minimum atomic E-state index is -0.471. The molecule has 0 aliphatic carbocycles. The third-order valence-electron chi connectivity index (χ3n) is 5.89. The number of carbonyl (C=O) groups excluding carboxylic acids is 1. The molecule has 1 fully saturated rings. The van der Waals surface area contributed by atoms with Crippen molar-refractivity contribution in [3.63, 3.8) is 0 Å². The Hall–Kier alpha value is -3.37. The molecule has 0 aromatic heterocycles. The Bertz CT molecular complexity index is 997. The van der Waals surface area contributed by atoms with E-state index in [-0.39, 0.29) is 17.9 Å². The van der Waals surface area contributed by atoms with Crippen LogP contribution >= 0.6 is 0 Å². The topological polar surface area (TPSA) is 104 Å². The molecule has 0 saturated carbocycles. The molecule has 0 unspecified atom stereocenters. The number of nitro benzene ring substituents is 1. The predicted molar refractivity (Wildman–Crippen MR) is 130 cm³/mol. The summed E-state index contributed by atoms with van der Waals surface area (Å²) in [5, 5.41) is 10.8. The normalized spacial score (nSPS) is 14.7. The number of non-ortho nitro benzene ring substituents is 1. The van der Waals surface area contributed by atoms with Gasteiger partial charge in [0.1, 0.15) is 6.61 Å². The molecule has 10 nitrogen and oxygen atoms in total. The van der Waals surface area contributed by atoms with Gasteiger partial charge in [0.25, 0.3) is 5.69 Å². The molecule has 0 amide bonds. The number of ether oxygens (including phenoxy) is 4. The molecule has 1 aliphatic heterocycles. The molecule has 1 aliphatic rings. The van der Waals surface area contributed by atoms with Gasteiger partial charge in [-0.05, 0) is 62.8 Å². The van der Waals surface area contributed by atoms with Gasteiger partial charge >= 0.3 is 5.97 Å². The van der Waals surface area contributed by atoms with Crippen molar-refractivity contribution in [1.82, 2.24) is 9.80 Å². The highest BCUT2D eigenvalue weighted by molar-refractivity contribution is 5.91. The molecule has 0 spiro atoms. The Morgan fingerprint density at radius 1 is 1.03 bits per heavy atom. The summed E-state index contributed by atoms with van der Waals surface area (Å²) in [5.41, 5.74) is 1.02. The van der Waals surface area contributed by atoms with Gasteiger partial charge in [-0.3, -0.25) is 10.1 Å². The van der Waals surface area contributed by atoms with Gasteiger partial charge in [0.2, 0.25) is 5.75 Å². The zero-order valence-electron chi connectivity index (χ0n) is 20.5. The molecule has 0 N–H and O–H groups in total. The van der Waals surface area contributed by atoms with Crippen LogP contribution in [0.3, 0.4) is 0 Å². The Labute approximate surface area is 205 Å². The lowest BCUT2D eigenvalue weighted by molar-refractivity contribution is -0.384. The van der Waals surface area contributed by atoms with E-state index in [2.05, 4.69) is 16.8 Å². The minimum Gasteiger partial charge on any atom is -0.493 e. The fourth-order valence-electron chi connectivity index (χ4n) is 3.89. The second-order valence-electron chi connectivity index (χ2n) is 8.41. The number of hydrogen-bond donors (Lipinski definition) is 0. The predicted octanol–water partition coefficient (Wildman–Crippen LogP) is 3.38. The van der Waals surface area contributed by atoms with E-state index in [1.165, 1.54) is 26.4 Å². The number of nitrogens with zero attached hydrogens (tertiary/aromatic N) is 3. The van der Waals surface area contributed by atoms with Crippen molar-refractivity contribution < 1.29 is 28.7 Å². The summed E-state index contributed by atoms with van der Waals surface area (Å²) in [6.45, 7) is 5.57. The zero-order valence-corrected chi connectivity index (χ0v) is 20.5. The van der Waals surface area contributed by atoms with Crippen molar-refractivity contribution in [3.05, 3.63) is 57.6 Å². The van der Waals surface area contributed by atoms with Crippen molar-refractivity contribution >= 4 is 11.7 Å². The molecule has 2 aromatic rings. The average Bonchev–Trinajstić information content (AvgIpc) is 3.08. The molecule has 1 saturated heterocycles. The molecule has 1 heterocycles. The van der Waals surface area contributed by atoms with E-state index in [1.807, 2.05) is 0 Å². The number of esters is 1. The average molecular weight is 488 g/mol. The van der Waals surface area contributed by atoms with Crippen molar-refractivity contribution in [1.29, 1.82) is 0 Å². The highest BCUT2D eigenvalue weighted by Gasteiger charge is 2.19. The summed E-state index contributed by atoms with van der Waals surface area (Å²) in [4.78, 5) is 27.8. The number of rotatable bonds is 11. The molecule has 10 heteroatoms. The molecule has 2 aromatic carbocycles. The first-order chi connectivity index (χ1) is 16.9. The Kier molecular flexibility index (Phi) is 9.68. The van der Waals surface area contributed by atoms with Crippen LogP contribution < -0.4 is 14.2 Å². The van der Waals surface area contributed by atoms with Crippen LogP contribution in [0.4, 0.5) is 5.69 Å². The van der Waals surface area contributed by atoms with Crippen molar-refractivity contribution in [2.45, 2.75) is 19.4 Å². The molecule has 3 rings (SSSR count). The fourth-order valence-corrected chi connectivity index (χ4v) is 3.89.